The highest BCUT2D eigenvalue weighted by Gasteiger charge is 2.20. The van der Waals surface area contributed by atoms with E-state index in [2.05, 4.69) is 44.1 Å². The molecule has 0 aromatic carbocycles. The Hall–Kier alpha value is -1.55. The predicted molar refractivity (Wildman–Crippen MR) is 116 cm³/mol. The quantitative estimate of drug-likeness (QED) is 0.720. The van der Waals surface area contributed by atoms with Crippen molar-refractivity contribution in [1.29, 1.82) is 0 Å². The van der Waals surface area contributed by atoms with Crippen molar-refractivity contribution in [1.82, 2.24) is 30.0 Å². The number of hydrogen-bond acceptors (Lipinski definition) is 6. The van der Waals surface area contributed by atoms with E-state index in [4.69, 9.17) is 12.2 Å². The van der Waals surface area contributed by atoms with Crippen molar-refractivity contribution in [3.05, 3.63) is 26.6 Å². The molecule has 0 aliphatic carbocycles. The van der Waals surface area contributed by atoms with E-state index in [0.717, 1.165) is 70.9 Å². The topological polar surface area (TPSA) is 67.5 Å². The molecule has 2 N–H and O–H groups in total. The molecule has 0 atom stereocenters. The van der Waals surface area contributed by atoms with E-state index < -0.39 is 0 Å². The van der Waals surface area contributed by atoms with Gasteiger partial charge in [-0.05, 0) is 45.7 Å². The summed E-state index contributed by atoms with van der Waals surface area (Å²) in [4.78, 5) is 28.7. The molecule has 9 heteroatoms. The lowest BCUT2D eigenvalue weighted by molar-refractivity contribution is 0.171. The van der Waals surface area contributed by atoms with E-state index in [-0.39, 0.29) is 5.56 Å². The molecule has 0 radical (unpaired) electrons. The number of H-pyrrole nitrogens is 1. The number of rotatable bonds is 5. The summed E-state index contributed by atoms with van der Waals surface area (Å²) in [6.45, 7) is 10.1. The molecule has 2 aromatic heterocycles. The summed E-state index contributed by atoms with van der Waals surface area (Å²) in [5, 5.41) is 4.89. The second-order valence-corrected chi connectivity index (χ2v) is 8.86. The van der Waals surface area contributed by atoms with Crippen LogP contribution in [0.3, 0.4) is 0 Å². The molecule has 3 rings (SSSR count). The first-order valence-corrected chi connectivity index (χ1v) is 10.5. The van der Waals surface area contributed by atoms with Crippen molar-refractivity contribution < 1.29 is 0 Å². The standard InChI is InChI=1S/C18H28N6OS2/c1-12-13(2)27-17-15(12)16(25)20-14(21-17)11-23-7-9-24(10-8-23)18(26)19-5-6-22(3)4/h5-11H2,1-4H3,(H,19,26)(H,20,21,25). The number of hydrogen-bond donors (Lipinski definition) is 2. The number of aryl methyl sites for hydroxylation is 2. The number of nitrogens with zero attached hydrogens (tertiary/aromatic N) is 4. The molecule has 0 spiro atoms. The van der Waals surface area contributed by atoms with Gasteiger partial charge >= 0.3 is 0 Å². The van der Waals surface area contributed by atoms with Crippen LogP contribution in [0.2, 0.25) is 0 Å². The Morgan fingerprint density at radius 1 is 1.30 bits per heavy atom. The first kappa shape index (κ1) is 20.2. The van der Waals surface area contributed by atoms with Crippen molar-refractivity contribution in [2.45, 2.75) is 20.4 Å². The zero-order chi connectivity index (χ0) is 19.6. The van der Waals surface area contributed by atoms with Crippen molar-refractivity contribution in [3.8, 4) is 0 Å². The molecule has 0 saturated carbocycles. The lowest BCUT2D eigenvalue weighted by Gasteiger charge is -2.36. The SMILES string of the molecule is Cc1sc2nc(CN3CCN(C(=S)NCCN(C)C)CC3)[nH]c(=O)c2c1C. The minimum Gasteiger partial charge on any atom is -0.361 e. The van der Waals surface area contributed by atoms with Crippen LogP contribution in [0, 0.1) is 13.8 Å². The van der Waals surface area contributed by atoms with E-state index in [1.54, 1.807) is 11.3 Å². The Bertz CT molecular complexity index is 867. The van der Waals surface area contributed by atoms with Crippen molar-refractivity contribution in [2.24, 2.45) is 0 Å². The van der Waals surface area contributed by atoms with Crippen LogP contribution in [0.4, 0.5) is 0 Å². The van der Waals surface area contributed by atoms with Crippen molar-refractivity contribution >= 4 is 38.9 Å². The Balaban J connectivity index is 1.56. The molecule has 27 heavy (non-hydrogen) atoms. The van der Waals surface area contributed by atoms with Gasteiger partial charge < -0.3 is 20.1 Å². The van der Waals surface area contributed by atoms with Gasteiger partial charge in [0, 0.05) is 44.1 Å². The summed E-state index contributed by atoms with van der Waals surface area (Å²) in [6.07, 6.45) is 0. The monoisotopic (exact) mass is 408 g/mol. The van der Waals surface area contributed by atoms with Crippen LogP contribution >= 0.6 is 23.6 Å². The van der Waals surface area contributed by atoms with Crippen LogP contribution in [0.15, 0.2) is 4.79 Å². The van der Waals surface area contributed by atoms with Gasteiger partial charge in [0.05, 0.1) is 11.9 Å². The third-order valence-electron chi connectivity index (χ3n) is 4.96. The lowest BCUT2D eigenvalue weighted by Crippen LogP contribution is -2.52. The van der Waals surface area contributed by atoms with Crippen LogP contribution in [0.1, 0.15) is 16.3 Å². The number of fused-ring (bicyclic) bond motifs is 1. The van der Waals surface area contributed by atoms with Gasteiger partial charge in [-0.3, -0.25) is 9.69 Å². The van der Waals surface area contributed by atoms with Crippen LogP contribution in [-0.4, -0.2) is 83.1 Å². The van der Waals surface area contributed by atoms with Crippen LogP contribution < -0.4 is 10.9 Å². The molecule has 1 aliphatic heterocycles. The Morgan fingerprint density at radius 3 is 2.67 bits per heavy atom. The normalized spacial score (nSPS) is 15.7. The maximum absolute atomic E-state index is 12.4. The summed E-state index contributed by atoms with van der Waals surface area (Å²) in [5.41, 5.74) is 1.01. The molecular weight excluding hydrogens is 380 g/mol. The third-order valence-corrected chi connectivity index (χ3v) is 6.46. The minimum absolute atomic E-state index is 0.0262. The lowest BCUT2D eigenvalue weighted by atomic mass is 10.2. The number of nitrogens with one attached hydrogen (secondary N) is 2. The second-order valence-electron chi connectivity index (χ2n) is 7.27. The summed E-state index contributed by atoms with van der Waals surface area (Å²) in [6, 6.07) is 0. The van der Waals surface area contributed by atoms with Crippen molar-refractivity contribution in [3.63, 3.8) is 0 Å². The van der Waals surface area contributed by atoms with Crippen molar-refractivity contribution in [2.75, 3.05) is 53.4 Å². The number of aromatic amines is 1. The largest absolute Gasteiger partial charge is 0.361 e. The van der Waals surface area contributed by atoms with E-state index in [9.17, 15) is 4.79 Å². The number of aromatic nitrogens is 2. The molecule has 2 aromatic rings. The third kappa shape index (κ3) is 4.84. The first-order chi connectivity index (χ1) is 12.8. The Kier molecular flexibility index (Phi) is 6.46. The minimum atomic E-state index is -0.0262. The molecule has 0 amide bonds. The number of likely N-dealkylation sites (N-methyl/N-ethyl adjacent to an activating group) is 1. The average Bonchev–Trinajstić information content (AvgIpc) is 2.89. The fourth-order valence-corrected chi connectivity index (χ4v) is 4.53. The summed E-state index contributed by atoms with van der Waals surface area (Å²) in [5.74, 6) is 0.744. The highest BCUT2D eigenvalue weighted by Crippen LogP contribution is 2.25. The van der Waals surface area contributed by atoms with E-state index in [0.29, 0.717) is 6.54 Å². The van der Waals surface area contributed by atoms with E-state index in [1.165, 1.54) is 0 Å². The zero-order valence-corrected chi connectivity index (χ0v) is 18.1. The second kappa shape index (κ2) is 8.64. The molecule has 3 heterocycles. The van der Waals surface area contributed by atoms with Crippen LogP contribution in [0.5, 0.6) is 0 Å². The van der Waals surface area contributed by atoms with Gasteiger partial charge in [0.1, 0.15) is 10.7 Å². The number of piperazine rings is 1. The first-order valence-electron chi connectivity index (χ1n) is 9.24. The molecule has 0 unspecified atom stereocenters. The highest BCUT2D eigenvalue weighted by molar-refractivity contribution is 7.80. The van der Waals surface area contributed by atoms with E-state index in [1.807, 2.05) is 13.8 Å². The number of thiocarbonyl (C=S) groups is 1. The van der Waals surface area contributed by atoms with Gasteiger partial charge in [-0.25, -0.2) is 4.98 Å². The molecule has 1 aliphatic rings. The fraction of sp³-hybridized carbons (Fsp3) is 0.611. The van der Waals surface area contributed by atoms with Gasteiger partial charge in [0.15, 0.2) is 5.11 Å². The molecule has 1 saturated heterocycles. The summed E-state index contributed by atoms with van der Waals surface area (Å²) < 4.78 is 0. The van der Waals surface area contributed by atoms with Gasteiger partial charge in [-0.1, -0.05) is 0 Å². The van der Waals surface area contributed by atoms with Crippen LogP contribution in [0.25, 0.3) is 10.2 Å². The fourth-order valence-electron chi connectivity index (χ4n) is 3.19. The maximum atomic E-state index is 12.4. The zero-order valence-electron chi connectivity index (χ0n) is 16.5. The van der Waals surface area contributed by atoms with Gasteiger partial charge in [-0.2, -0.15) is 0 Å². The molecule has 0 bridgehead atoms. The summed E-state index contributed by atoms with van der Waals surface area (Å²) in [7, 11) is 4.11. The highest BCUT2D eigenvalue weighted by atomic mass is 32.1. The van der Waals surface area contributed by atoms with Crippen LogP contribution in [-0.2, 0) is 6.54 Å². The average molecular weight is 409 g/mol. The Morgan fingerprint density at radius 2 is 2.00 bits per heavy atom. The maximum Gasteiger partial charge on any atom is 0.259 e. The van der Waals surface area contributed by atoms with Gasteiger partial charge in [-0.15, -0.1) is 11.3 Å². The van der Waals surface area contributed by atoms with E-state index >= 15 is 0 Å². The molecular formula is C18H28N6OS2. The molecule has 7 nitrogen and oxygen atoms in total. The molecule has 1 fully saturated rings. The van der Waals surface area contributed by atoms with Gasteiger partial charge in [0.2, 0.25) is 0 Å². The smallest absolute Gasteiger partial charge is 0.259 e. The molecule has 148 valence electrons. The number of thiophene rings is 1. The predicted octanol–water partition coefficient (Wildman–Crippen LogP) is 1.16. The van der Waals surface area contributed by atoms with Gasteiger partial charge in [0.25, 0.3) is 5.56 Å². The summed E-state index contributed by atoms with van der Waals surface area (Å²) >= 11 is 7.09. The Labute approximate surface area is 169 Å².